The zero-order valence-electron chi connectivity index (χ0n) is 20.6. The Kier molecular flexibility index (Phi) is 8.36. The van der Waals surface area contributed by atoms with Crippen LogP contribution in [0.4, 0.5) is 4.79 Å². The highest BCUT2D eigenvalue weighted by Gasteiger charge is 2.25. The Hall–Kier alpha value is -4.10. The first-order valence-corrected chi connectivity index (χ1v) is 12.0. The summed E-state index contributed by atoms with van der Waals surface area (Å²) in [7, 11) is 3.96. The van der Waals surface area contributed by atoms with E-state index in [0.29, 0.717) is 13.0 Å². The first-order valence-electron chi connectivity index (χ1n) is 12.0. The van der Waals surface area contributed by atoms with E-state index in [2.05, 4.69) is 20.5 Å². The van der Waals surface area contributed by atoms with Crippen molar-refractivity contribution in [1.82, 2.24) is 20.5 Å². The van der Waals surface area contributed by atoms with Crippen molar-refractivity contribution >= 4 is 22.9 Å². The van der Waals surface area contributed by atoms with Gasteiger partial charge in [-0.25, -0.2) is 4.79 Å². The van der Waals surface area contributed by atoms with Gasteiger partial charge in [-0.2, -0.15) is 0 Å². The Balaban J connectivity index is 1.47. The van der Waals surface area contributed by atoms with Crippen LogP contribution in [0.3, 0.4) is 0 Å². The lowest BCUT2D eigenvalue weighted by molar-refractivity contribution is -0.123. The van der Waals surface area contributed by atoms with Crippen LogP contribution in [0.2, 0.25) is 0 Å². The molecule has 0 radical (unpaired) electrons. The summed E-state index contributed by atoms with van der Waals surface area (Å²) < 4.78 is 5.40. The number of nitrogens with zero attached hydrogens (tertiary/aromatic N) is 1. The van der Waals surface area contributed by atoms with E-state index in [-0.39, 0.29) is 18.6 Å². The minimum Gasteiger partial charge on any atom is -0.445 e. The molecule has 186 valence electrons. The molecule has 0 aliphatic rings. The lowest BCUT2D eigenvalue weighted by Crippen LogP contribution is -2.49. The molecular weight excluding hydrogens is 452 g/mol. The molecule has 36 heavy (non-hydrogen) atoms. The maximum Gasteiger partial charge on any atom is 0.408 e. The van der Waals surface area contributed by atoms with Crippen molar-refractivity contribution in [2.45, 2.75) is 25.1 Å². The summed E-state index contributed by atoms with van der Waals surface area (Å²) in [5, 5.41) is 6.84. The Labute approximate surface area is 211 Å². The lowest BCUT2D eigenvalue weighted by atomic mass is 10.0. The summed E-state index contributed by atoms with van der Waals surface area (Å²) in [6, 6.07) is 26.6. The van der Waals surface area contributed by atoms with E-state index >= 15 is 0 Å². The molecule has 2 amide bonds. The molecule has 0 saturated heterocycles. The number of rotatable bonds is 10. The highest BCUT2D eigenvalue weighted by molar-refractivity contribution is 5.88. The molecule has 0 fully saturated rings. The molecule has 3 N–H and O–H groups in total. The number of hydrogen-bond donors (Lipinski definition) is 3. The minimum absolute atomic E-state index is 0.00563. The van der Waals surface area contributed by atoms with Crippen molar-refractivity contribution in [1.29, 1.82) is 0 Å². The third kappa shape index (κ3) is 6.52. The molecule has 1 aromatic heterocycles. The molecule has 0 spiro atoms. The minimum atomic E-state index is -0.800. The molecule has 0 aliphatic heterocycles. The standard InChI is InChI=1S/C29H32N4O3/c1-33(2)27(22-13-7-4-8-14-22)19-31-28(34)26(17-23-18-30-25-16-10-9-15-24(23)25)32-29(35)36-20-21-11-5-3-6-12-21/h3-16,18,26-27,30H,17,19-20H2,1-2H3,(H,31,34)(H,32,35)/t26-,27-/m0/s1. The Morgan fingerprint density at radius 2 is 1.58 bits per heavy atom. The van der Waals surface area contributed by atoms with Gasteiger partial charge in [0.15, 0.2) is 0 Å². The van der Waals surface area contributed by atoms with Gasteiger partial charge < -0.3 is 25.3 Å². The van der Waals surface area contributed by atoms with Crippen LogP contribution in [0.1, 0.15) is 22.7 Å². The zero-order chi connectivity index (χ0) is 25.3. The molecule has 4 aromatic rings. The van der Waals surface area contributed by atoms with Gasteiger partial charge in [0, 0.05) is 30.1 Å². The summed E-state index contributed by atoms with van der Waals surface area (Å²) in [6.07, 6.45) is 1.58. The van der Waals surface area contributed by atoms with Crippen LogP contribution < -0.4 is 10.6 Å². The van der Waals surface area contributed by atoms with Crippen molar-refractivity contribution in [2.75, 3.05) is 20.6 Å². The molecule has 7 heteroatoms. The number of carbonyl (C=O) groups is 2. The topological polar surface area (TPSA) is 86.5 Å². The van der Waals surface area contributed by atoms with Crippen LogP contribution in [0.25, 0.3) is 10.9 Å². The predicted molar refractivity (Wildman–Crippen MR) is 141 cm³/mol. The Morgan fingerprint density at radius 1 is 0.917 bits per heavy atom. The number of benzene rings is 3. The second-order valence-electron chi connectivity index (χ2n) is 8.96. The summed E-state index contributed by atoms with van der Waals surface area (Å²) in [5.41, 5.74) is 3.91. The van der Waals surface area contributed by atoms with E-state index < -0.39 is 12.1 Å². The number of aromatic amines is 1. The fourth-order valence-electron chi connectivity index (χ4n) is 4.23. The van der Waals surface area contributed by atoms with Crippen LogP contribution in [0.5, 0.6) is 0 Å². The number of amides is 2. The first-order chi connectivity index (χ1) is 17.5. The van der Waals surface area contributed by atoms with Crippen LogP contribution in [0.15, 0.2) is 91.1 Å². The fourth-order valence-corrected chi connectivity index (χ4v) is 4.23. The number of aromatic nitrogens is 1. The lowest BCUT2D eigenvalue weighted by Gasteiger charge is -2.26. The SMILES string of the molecule is CN(C)[C@@H](CNC(=O)[C@H](Cc1c[nH]c2ccccc12)NC(=O)OCc1ccccc1)c1ccccc1. The summed E-state index contributed by atoms with van der Waals surface area (Å²) in [4.78, 5) is 31.3. The van der Waals surface area contributed by atoms with Gasteiger partial charge in [0.25, 0.3) is 0 Å². The van der Waals surface area contributed by atoms with E-state index in [0.717, 1.165) is 27.6 Å². The number of nitrogens with one attached hydrogen (secondary N) is 3. The average molecular weight is 485 g/mol. The number of alkyl carbamates (subject to hydrolysis) is 1. The summed E-state index contributed by atoms with van der Waals surface area (Å²) in [6.45, 7) is 0.534. The van der Waals surface area contributed by atoms with Gasteiger partial charge in [-0.05, 0) is 36.9 Å². The van der Waals surface area contributed by atoms with E-state index in [4.69, 9.17) is 4.74 Å². The molecule has 4 rings (SSSR count). The van der Waals surface area contributed by atoms with Crippen LogP contribution in [-0.4, -0.2) is 48.6 Å². The van der Waals surface area contributed by atoms with Crippen LogP contribution >= 0.6 is 0 Å². The predicted octanol–water partition coefficient (Wildman–Crippen LogP) is 4.42. The highest BCUT2D eigenvalue weighted by atomic mass is 16.5. The Bertz CT molecular complexity index is 1270. The fraction of sp³-hybridized carbons (Fsp3) is 0.241. The molecule has 0 bridgehead atoms. The van der Waals surface area contributed by atoms with Gasteiger partial charge in [0.1, 0.15) is 12.6 Å². The third-order valence-electron chi connectivity index (χ3n) is 6.20. The number of likely N-dealkylation sites (N-methyl/N-ethyl adjacent to an activating group) is 1. The molecule has 0 unspecified atom stereocenters. The summed E-state index contributed by atoms with van der Waals surface area (Å²) in [5.74, 6) is -0.264. The first kappa shape index (κ1) is 25.0. The van der Waals surface area contributed by atoms with Crippen molar-refractivity contribution in [3.8, 4) is 0 Å². The van der Waals surface area contributed by atoms with Crippen molar-refractivity contribution in [3.63, 3.8) is 0 Å². The molecular formula is C29H32N4O3. The molecule has 1 heterocycles. The maximum absolute atomic E-state index is 13.4. The number of H-pyrrole nitrogens is 1. The molecule has 7 nitrogen and oxygen atoms in total. The normalized spacial score (nSPS) is 12.8. The zero-order valence-corrected chi connectivity index (χ0v) is 20.6. The number of fused-ring (bicyclic) bond motifs is 1. The van der Waals surface area contributed by atoms with Crippen molar-refractivity contribution in [2.24, 2.45) is 0 Å². The molecule has 0 aliphatic carbocycles. The average Bonchev–Trinajstić information content (AvgIpc) is 3.31. The van der Waals surface area contributed by atoms with Crippen molar-refractivity contribution < 1.29 is 14.3 Å². The van der Waals surface area contributed by atoms with Gasteiger partial charge in [-0.1, -0.05) is 78.9 Å². The van der Waals surface area contributed by atoms with Crippen LogP contribution in [0, 0.1) is 0 Å². The monoisotopic (exact) mass is 484 g/mol. The van der Waals surface area contributed by atoms with Gasteiger partial charge in [-0.15, -0.1) is 0 Å². The number of ether oxygens (including phenoxy) is 1. The van der Waals surface area contributed by atoms with E-state index in [9.17, 15) is 9.59 Å². The largest absolute Gasteiger partial charge is 0.445 e. The number of para-hydroxylation sites is 1. The third-order valence-corrected chi connectivity index (χ3v) is 6.20. The summed E-state index contributed by atoms with van der Waals surface area (Å²) >= 11 is 0. The smallest absolute Gasteiger partial charge is 0.408 e. The number of hydrogen-bond acceptors (Lipinski definition) is 4. The van der Waals surface area contributed by atoms with Gasteiger partial charge in [-0.3, -0.25) is 4.79 Å². The Morgan fingerprint density at radius 3 is 2.31 bits per heavy atom. The maximum atomic E-state index is 13.4. The van der Waals surface area contributed by atoms with Gasteiger partial charge >= 0.3 is 6.09 Å². The van der Waals surface area contributed by atoms with Crippen LogP contribution in [-0.2, 0) is 22.6 Å². The second-order valence-corrected chi connectivity index (χ2v) is 8.96. The molecule has 3 aromatic carbocycles. The molecule has 0 saturated carbocycles. The van der Waals surface area contributed by atoms with Crippen molar-refractivity contribution in [3.05, 3.63) is 108 Å². The quantitative estimate of drug-likeness (QED) is 0.311. The second kappa shape index (κ2) is 12.0. The molecule has 2 atom stereocenters. The number of carbonyl (C=O) groups excluding carboxylic acids is 2. The van der Waals surface area contributed by atoms with E-state index in [1.54, 1.807) is 0 Å². The highest BCUT2D eigenvalue weighted by Crippen LogP contribution is 2.20. The van der Waals surface area contributed by atoms with Gasteiger partial charge in [0.05, 0.1) is 6.04 Å². The van der Waals surface area contributed by atoms with E-state index in [1.807, 2.05) is 105 Å². The van der Waals surface area contributed by atoms with E-state index in [1.165, 1.54) is 0 Å². The van der Waals surface area contributed by atoms with Gasteiger partial charge in [0.2, 0.25) is 5.91 Å².